The van der Waals surface area contributed by atoms with Crippen LogP contribution in [-0.4, -0.2) is 0 Å². The normalized spacial score (nSPS) is 16.8. The lowest BCUT2D eigenvalue weighted by molar-refractivity contribution is 1.12. The third-order valence-corrected chi connectivity index (χ3v) is 2.09. The van der Waals surface area contributed by atoms with Gasteiger partial charge in [0.05, 0.1) is 0 Å². The SMILES string of the molecule is C=CC1C=Cc2ccccc21.Cl.Cl. The number of halogens is 2. The van der Waals surface area contributed by atoms with E-state index in [1.807, 2.05) is 6.08 Å². The Labute approximate surface area is 91.2 Å². The monoisotopic (exact) mass is 214 g/mol. The van der Waals surface area contributed by atoms with Crippen molar-refractivity contribution in [3.63, 3.8) is 0 Å². The first-order chi connectivity index (χ1) is 5.42. The van der Waals surface area contributed by atoms with Crippen LogP contribution in [0.2, 0.25) is 0 Å². The number of fused-ring (bicyclic) bond motifs is 1. The Morgan fingerprint density at radius 1 is 1.15 bits per heavy atom. The van der Waals surface area contributed by atoms with Crippen LogP contribution in [0.25, 0.3) is 6.08 Å². The Bertz CT molecular complexity index is 316. The van der Waals surface area contributed by atoms with Gasteiger partial charge in [-0.05, 0) is 11.1 Å². The number of allylic oxidation sites excluding steroid dienone is 2. The van der Waals surface area contributed by atoms with Crippen LogP contribution in [0.3, 0.4) is 0 Å². The Balaban J connectivity index is 0.000000720. The fourth-order valence-electron chi connectivity index (χ4n) is 1.48. The molecule has 1 unspecified atom stereocenters. The van der Waals surface area contributed by atoms with Gasteiger partial charge in [0.2, 0.25) is 0 Å². The standard InChI is InChI=1S/C11H10.2ClH/c1-2-9-7-8-10-5-3-4-6-11(9)10;;/h2-9H,1H2;2*1H. The fraction of sp³-hybridized carbons (Fsp3) is 0.0909. The molecule has 0 saturated carbocycles. The molecule has 1 aromatic carbocycles. The van der Waals surface area contributed by atoms with Crippen LogP contribution < -0.4 is 0 Å². The molecule has 1 aliphatic rings. The average Bonchev–Trinajstić information content (AvgIpc) is 2.47. The first-order valence-electron chi connectivity index (χ1n) is 3.81. The lowest BCUT2D eigenvalue weighted by Crippen LogP contribution is -1.86. The summed E-state index contributed by atoms with van der Waals surface area (Å²) in [6, 6.07) is 8.42. The molecule has 13 heavy (non-hydrogen) atoms. The largest absolute Gasteiger partial charge is 0.147 e. The Morgan fingerprint density at radius 2 is 1.85 bits per heavy atom. The minimum atomic E-state index is 0. The van der Waals surface area contributed by atoms with Gasteiger partial charge in [0.25, 0.3) is 0 Å². The van der Waals surface area contributed by atoms with Gasteiger partial charge < -0.3 is 0 Å². The summed E-state index contributed by atoms with van der Waals surface area (Å²) in [5.41, 5.74) is 2.71. The second kappa shape index (κ2) is 5.11. The van der Waals surface area contributed by atoms with Crippen molar-refractivity contribution in [2.45, 2.75) is 5.92 Å². The maximum atomic E-state index is 3.79. The second-order valence-electron chi connectivity index (χ2n) is 2.75. The zero-order valence-corrected chi connectivity index (χ0v) is 8.78. The molecular weight excluding hydrogens is 203 g/mol. The van der Waals surface area contributed by atoms with E-state index < -0.39 is 0 Å². The Kier molecular flexibility index (Phi) is 4.82. The molecule has 0 aromatic heterocycles. The summed E-state index contributed by atoms with van der Waals surface area (Å²) in [5, 5.41) is 0. The van der Waals surface area contributed by atoms with Crippen LogP contribution in [0, 0.1) is 0 Å². The molecule has 0 bridgehead atoms. The van der Waals surface area contributed by atoms with Crippen LogP contribution in [0.1, 0.15) is 17.0 Å². The summed E-state index contributed by atoms with van der Waals surface area (Å²) in [7, 11) is 0. The highest BCUT2D eigenvalue weighted by atomic mass is 35.5. The van der Waals surface area contributed by atoms with Gasteiger partial charge in [0.1, 0.15) is 0 Å². The molecule has 1 aromatic rings. The van der Waals surface area contributed by atoms with Gasteiger partial charge in [0.15, 0.2) is 0 Å². The number of hydrogen-bond donors (Lipinski definition) is 0. The summed E-state index contributed by atoms with van der Waals surface area (Å²) in [6.45, 7) is 3.79. The van der Waals surface area contributed by atoms with Crippen molar-refractivity contribution in [2.24, 2.45) is 0 Å². The Morgan fingerprint density at radius 3 is 2.54 bits per heavy atom. The van der Waals surface area contributed by atoms with E-state index in [2.05, 4.69) is 43.0 Å². The summed E-state index contributed by atoms with van der Waals surface area (Å²) in [6.07, 6.45) is 6.31. The molecule has 0 saturated heterocycles. The molecule has 0 amide bonds. The highest BCUT2D eigenvalue weighted by molar-refractivity contribution is 5.85. The van der Waals surface area contributed by atoms with Gasteiger partial charge in [-0.2, -0.15) is 0 Å². The fourth-order valence-corrected chi connectivity index (χ4v) is 1.48. The van der Waals surface area contributed by atoms with E-state index in [0.717, 1.165) is 0 Å². The van der Waals surface area contributed by atoms with Crippen molar-refractivity contribution >= 4 is 30.9 Å². The van der Waals surface area contributed by atoms with Crippen LogP contribution in [-0.2, 0) is 0 Å². The van der Waals surface area contributed by atoms with E-state index >= 15 is 0 Å². The highest BCUT2D eigenvalue weighted by Gasteiger charge is 2.11. The predicted molar refractivity (Wildman–Crippen MR) is 62.9 cm³/mol. The van der Waals surface area contributed by atoms with Crippen molar-refractivity contribution < 1.29 is 0 Å². The molecule has 2 rings (SSSR count). The van der Waals surface area contributed by atoms with E-state index in [4.69, 9.17) is 0 Å². The number of hydrogen-bond acceptors (Lipinski definition) is 0. The molecule has 2 heteroatoms. The van der Waals surface area contributed by atoms with Gasteiger partial charge in [-0.3, -0.25) is 0 Å². The molecule has 1 atom stereocenters. The van der Waals surface area contributed by atoms with Crippen LogP contribution in [0.4, 0.5) is 0 Å². The topological polar surface area (TPSA) is 0 Å². The zero-order chi connectivity index (χ0) is 7.68. The molecule has 0 aliphatic heterocycles. The van der Waals surface area contributed by atoms with E-state index in [1.165, 1.54) is 11.1 Å². The quantitative estimate of drug-likeness (QED) is 0.624. The van der Waals surface area contributed by atoms with Crippen LogP contribution in [0.5, 0.6) is 0 Å². The molecule has 0 N–H and O–H groups in total. The van der Waals surface area contributed by atoms with Gasteiger partial charge in [0, 0.05) is 5.92 Å². The average molecular weight is 215 g/mol. The molecule has 0 fully saturated rings. The summed E-state index contributed by atoms with van der Waals surface area (Å²) < 4.78 is 0. The van der Waals surface area contributed by atoms with Gasteiger partial charge in [-0.15, -0.1) is 31.4 Å². The van der Waals surface area contributed by atoms with Crippen molar-refractivity contribution in [2.75, 3.05) is 0 Å². The van der Waals surface area contributed by atoms with E-state index in [9.17, 15) is 0 Å². The summed E-state index contributed by atoms with van der Waals surface area (Å²) >= 11 is 0. The highest BCUT2D eigenvalue weighted by Crippen LogP contribution is 2.29. The molecule has 0 nitrogen and oxygen atoms in total. The smallest absolute Gasteiger partial charge is 0.0205 e. The first kappa shape index (κ1) is 12.3. The van der Waals surface area contributed by atoms with Crippen molar-refractivity contribution in [3.05, 3.63) is 54.1 Å². The Hall–Kier alpha value is -0.720. The third kappa shape index (κ3) is 2.15. The molecule has 0 spiro atoms. The molecule has 1 aliphatic carbocycles. The molecule has 70 valence electrons. The van der Waals surface area contributed by atoms with Crippen molar-refractivity contribution in [3.8, 4) is 0 Å². The summed E-state index contributed by atoms with van der Waals surface area (Å²) in [5.74, 6) is 0.436. The van der Waals surface area contributed by atoms with E-state index in [1.54, 1.807) is 0 Å². The lowest BCUT2D eigenvalue weighted by atomic mass is 10.0. The van der Waals surface area contributed by atoms with Gasteiger partial charge in [-0.1, -0.05) is 42.5 Å². The molecule has 0 radical (unpaired) electrons. The van der Waals surface area contributed by atoms with E-state index in [-0.39, 0.29) is 24.8 Å². The van der Waals surface area contributed by atoms with Gasteiger partial charge >= 0.3 is 0 Å². The first-order valence-corrected chi connectivity index (χ1v) is 3.81. The number of benzene rings is 1. The van der Waals surface area contributed by atoms with E-state index in [0.29, 0.717) is 5.92 Å². The van der Waals surface area contributed by atoms with Crippen LogP contribution >= 0.6 is 24.8 Å². The lowest BCUT2D eigenvalue weighted by Gasteiger charge is -2.03. The van der Waals surface area contributed by atoms with Crippen molar-refractivity contribution in [1.29, 1.82) is 0 Å². The summed E-state index contributed by atoms with van der Waals surface area (Å²) in [4.78, 5) is 0. The zero-order valence-electron chi connectivity index (χ0n) is 7.14. The number of rotatable bonds is 1. The second-order valence-corrected chi connectivity index (χ2v) is 2.75. The molecule has 0 heterocycles. The maximum absolute atomic E-state index is 3.79. The predicted octanol–water partition coefficient (Wildman–Crippen LogP) is 3.83. The van der Waals surface area contributed by atoms with Crippen molar-refractivity contribution in [1.82, 2.24) is 0 Å². The molecular formula is C11H12Cl2. The third-order valence-electron chi connectivity index (χ3n) is 2.09. The minimum absolute atomic E-state index is 0. The van der Waals surface area contributed by atoms with Gasteiger partial charge in [-0.25, -0.2) is 0 Å². The maximum Gasteiger partial charge on any atom is 0.0205 e. The van der Waals surface area contributed by atoms with Crippen LogP contribution in [0.15, 0.2) is 43.0 Å². The minimum Gasteiger partial charge on any atom is -0.147 e.